The Hall–Kier alpha value is -1.21. The van der Waals surface area contributed by atoms with Crippen molar-refractivity contribution >= 4 is 32.1 Å². The highest BCUT2D eigenvalue weighted by atomic mass is 79.9. The largest absolute Gasteiger partial charge is 0.463 e. The van der Waals surface area contributed by atoms with Crippen molar-refractivity contribution in [2.75, 3.05) is 25.6 Å². The van der Waals surface area contributed by atoms with E-state index in [2.05, 4.69) is 52.0 Å². The SMILES string of the molecule is CCCC(C)(C)COc1nc(C)c(N=C(Br)CC2CCCCO2)c(NC)n1. The van der Waals surface area contributed by atoms with Gasteiger partial charge in [-0.1, -0.05) is 27.2 Å². The predicted octanol–water partition coefficient (Wildman–Crippen LogP) is 5.42. The minimum Gasteiger partial charge on any atom is -0.463 e. The fourth-order valence-corrected chi connectivity index (χ4v) is 3.78. The highest BCUT2D eigenvalue weighted by molar-refractivity contribution is 9.18. The van der Waals surface area contributed by atoms with Gasteiger partial charge >= 0.3 is 6.01 Å². The van der Waals surface area contributed by atoms with Crippen molar-refractivity contribution < 1.29 is 9.47 Å². The molecule has 1 atom stereocenters. The second kappa shape index (κ2) is 10.4. The summed E-state index contributed by atoms with van der Waals surface area (Å²) in [6.07, 6.45) is 6.69. The number of hydrogen-bond donors (Lipinski definition) is 1. The smallest absolute Gasteiger partial charge is 0.318 e. The first kappa shape index (κ1) is 22.1. The van der Waals surface area contributed by atoms with Crippen molar-refractivity contribution in [3.63, 3.8) is 0 Å². The number of anilines is 1. The van der Waals surface area contributed by atoms with Crippen molar-refractivity contribution in [2.45, 2.75) is 72.3 Å². The number of hydrogen-bond acceptors (Lipinski definition) is 6. The Morgan fingerprint density at radius 2 is 2.15 bits per heavy atom. The number of nitrogens with zero attached hydrogens (tertiary/aromatic N) is 3. The van der Waals surface area contributed by atoms with Gasteiger partial charge in [0.15, 0.2) is 5.82 Å². The Balaban J connectivity index is 2.11. The predicted molar refractivity (Wildman–Crippen MR) is 115 cm³/mol. The van der Waals surface area contributed by atoms with E-state index in [1.807, 2.05) is 14.0 Å². The number of nitrogens with one attached hydrogen (secondary N) is 1. The number of aryl methyl sites for hydroxylation is 1. The molecule has 0 aromatic carbocycles. The molecule has 1 aromatic rings. The summed E-state index contributed by atoms with van der Waals surface area (Å²) >= 11 is 3.60. The normalized spacial score (nSPS) is 18.4. The van der Waals surface area contributed by atoms with Crippen LogP contribution in [0.1, 0.15) is 65.0 Å². The highest BCUT2D eigenvalue weighted by Gasteiger charge is 2.20. The maximum Gasteiger partial charge on any atom is 0.318 e. The number of halogens is 1. The van der Waals surface area contributed by atoms with Crippen molar-refractivity contribution in [1.29, 1.82) is 0 Å². The highest BCUT2D eigenvalue weighted by Crippen LogP contribution is 2.31. The molecule has 27 heavy (non-hydrogen) atoms. The van der Waals surface area contributed by atoms with Crippen LogP contribution in [-0.2, 0) is 4.74 Å². The van der Waals surface area contributed by atoms with E-state index in [1.165, 1.54) is 6.42 Å². The summed E-state index contributed by atoms with van der Waals surface area (Å²) < 4.78 is 12.5. The second-order valence-electron chi connectivity index (χ2n) is 7.92. The molecule has 1 fully saturated rings. The van der Waals surface area contributed by atoms with Crippen LogP contribution in [0.2, 0.25) is 0 Å². The van der Waals surface area contributed by atoms with Gasteiger partial charge in [0, 0.05) is 20.1 Å². The molecule has 0 bridgehead atoms. The molecule has 0 saturated carbocycles. The van der Waals surface area contributed by atoms with Gasteiger partial charge < -0.3 is 14.8 Å². The van der Waals surface area contributed by atoms with Crippen LogP contribution in [0.25, 0.3) is 0 Å². The molecular formula is C20H33BrN4O2. The molecule has 7 heteroatoms. The molecular weight excluding hydrogens is 408 g/mol. The summed E-state index contributed by atoms with van der Waals surface area (Å²) in [5.41, 5.74) is 1.63. The molecule has 0 aliphatic carbocycles. The van der Waals surface area contributed by atoms with Crippen LogP contribution in [0.4, 0.5) is 11.5 Å². The van der Waals surface area contributed by atoms with Gasteiger partial charge in [0.25, 0.3) is 0 Å². The molecule has 0 spiro atoms. The van der Waals surface area contributed by atoms with Gasteiger partial charge in [-0.2, -0.15) is 9.97 Å². The first-order valence-electron chi connectivity index (χ1n) is 9.88. The van der Waals surface area contributed by atoms with E-state index in [0.717, 1.165) is 54.7 Å². The maximum atomic E-state index is 5.89. The third-order valence-corrected chi connectivity index (χ3v) is 5.20. The molecule has 1 aliphatic heterocycles. The van der Waals surface area contributed by atoms with Crippen LogP contribution >= 0.6 is 15.9 Å². The molecule has 2 heterocycles. The van der Waals surface area contributed by atoms with Crippen LogP contribution in [0.5, 0.6) is 6.01 Å². The Labute approximate surface area is 171 Å². The van der Waals surface area contributed by atoms with Crippen LogP contribution in [-0.4, -0.2) is 41.0 Å². The Bertz CT molecular complexity index is 643. The van der Waals surface area contributed by atoms with E-state index in [9.17, 15) is 0 Å². The lowest BCUT2D eigenvalue weighted by Crippen LogP contribution is -2.22. The van der Waals surface area contributed by atoms with E-state index in [1.54, 1.807) is 0 Å². The molecule has 2 rings (SSSR count). The topological polar surface area (TPSA) is 68.6 Å². The molecule has 1 aromatic heterocycles. The van der Waals surface area contributed by atoms with Crippen LogP contribution < -0.4 is 10.1 Å². The third-order valence-electron chi connectivity index (χ3n) is 4.70. The molecule has 0 amide bonds. The maximum absolute atomic E-state index is 5.89. The standard InChI is InChI=1S/C20H33BrN4O2/c1-6-10-20(3,4)13-27-19-23-14(2)17(18(22-5)25-19)24-16(21)12-15-9-7-8-11-26-15/h15H,6-13H2,1-5H3,(H,22,23,25). The number of ether oxygens (including phenoxy) is 2. The van der Waals surface area contributed by atoms with E-state index >= 15 is 0 Å². The van der Waals surface area contributed by atoms with E-state index in [-0.39, 0.29) is 11.5 Å². The molecule has 1 saturated heterocycles. The average Bonchev–Trinajstić information content (AvgIpc) is 2.62. The summed E-state index contributed by atoms with van der Waals surface area (Å²) in [5.74, 6) is 0.673. The van der Waals surface area contributed by atoms with E-state index < -0.39 is 0 Å². The first-order valence-corrected chi connectivity index (χ1v) is 10.7. The fraction of sp³-hybridized carbons (Fsp3) is 0.750. The zero-order chi connectivity index (χ0) is 19.9. The van der Waals surface area contributed by atoms with Gasteiger partial charge in [0.1, 0.15) is 5.69 Å². The molecule has 152 valence electrons. The minimum absolute atomic E-state index is 0.103. The summed E-state index contributed by atoms with van der Waals surface area (Å²) in [6, 6.07) is 0.395. The van der Waals surface area contributed by atoms with Crippen molar-refractivity contribution in [3.8, 4) is 6.01 Å². The third kappa shape index (κ3) is 7.03. The van der Waals surface area contributed by atoms with Gasteiger partial charge in [0.2, 0.25) is 0 Å². The van der Waals surface area contributed by atoms with Gasteiger partial charge in [-0.05, 0) is 54.0 Å². The second-order valence-corrected chi connectivity index (χ2v) is 8.84. The summed E-state index contributed by atoms with van der Waals surface area (Å²) in [7, 11) is 1.84. The van der Waals surface area contributed by atoms with Crippen LogP contribution in [0.15, 0.2) is 4.99 Å². The van der Waals surface area contributed by atoms with Crippen LogP contribution in [0, 0.1) is 12.3 Å². The summed E-state index contributed by atoms with van der Waals surface area (Å²) in [4.78, 5) is 13.7. The molecule has 1 N–H and O–H groups in total. The van der Waals surface area contributed by atoms with Gasteiger partial charge in [0.05, 0.1) is 23.0 Å². The lowest BCUT2D eigenvalue weighted by atomic mass is 9.89. The molecule has 1 aliphatic rings. The minimum atomic E-state index is 0.103. The molecule has 1 unspecified atom stereocenters. The monoisotopic (exact) mass is 440 g/mol. The summed E-state index contributed by atoms with van der Waals surface area (Å²) in [6.45, 7) is 9.95. The fourth-order valence-electron chi connectivity index (χ4n) is 3.25. The average molecular weight is 441 g/mol. The zero-order valence-electron chi connectivity index (χ0n) is 17.3. The molecule has 0 radical (unpaired) electrons. The Morgan fingerprint density at radius 1 is 1.37 bits per heavy atom. The lowest BCUT2D eigenvalue weighted by molar-refractivity contribution is 0.0215. The summed E-state index contributed by atoms with van der Waals surface area (Å²) in [5, 5.41) is 3.12. The van der Waals surface area contributed by atoms with Gasteiger partial charge in [-0.25, -0.2) is 4.99 Å². The van der Waals surface area contributed by atoms with Crippen molar-refractivity contribution in [1.82, 2.24) is 9.97 Å². The van der Waals surface area contributed by atoms with Crippen molar-refractivity contribution in [3.05, 3.63) is 5.69 Å². The van der Waals surface area contributed by atoms with Crippen LogP contribution in [0.3, 0.4) is 0 Å². The Morgan fingerprint density at radius 3 is 2.78 bits per heavy atom. The first-order chi connectivity index (χ1) is 12.8. The van der Waals surface area contributed by atoms with E-state index in [4.69, 9.17) is 14.5 Å². The quantitative estimate of drug-likeness (QED) is 0.519. The van der Waals surface area contributed by atoms with Gasteiger partial charge in [-0.15, -0.1) is 0 Å². The zero-order valence-corrected chi connectivity index (χ0v) is 18.9. The Kier molecular flexibility index (Phi) is 8.48. The van der Waals surface area contributed by atoms with Gasteiger partial charge in [-0.3, -0.25) is 0 Å². The van der Waals surface area contributed by atoms with E-state index in [0.29, 0.717) is 18.4 Å². The molecule has 6 nitrogen and oxygen atoms in total. The number of rotatable bonds is 9. The number of aliphatic imine (C=N–C) groups is 1. The number of aromatic nitrogens is 2. The van der Waals surface area contributed by atoms with Crippen molar-refractivity contribution in [2.24, 2.45) is 10.4 Å². The lowest BCUT2D eigenvalue weighted by Gasteiger charge is -2.23.